The summed E-state index contributed by atoms with van der Waals surface area (Å²) in [5.74, 6) is 0.435. The summed E-state index contributed by atoms with van der Waals surface area (Å²) in [6.07, 6.45) is 3.13. The number of aromatic nitrogens is 1. The Morgan fingerprint density at radius 2 is 2.12 bits per heavy atom. The summed E-state index contributed by atoms with van der Waals surface area (Å²) in [4.78, 5) is 4.49. The van der Waals surface area contributed by atoms with Gasteiger partial charge in [0.2, 0.25) is 15.9 Å². The van der Waals surface area contributed by atoms with Gasteiger partial charge in [0.1, 0.15) is 0 Å². The molecule has 1 saturated heterocycles. The molecule has 2 aromatic rings. The van der Waals surface area contributed by atoms with Crippen molar-refractivity contribution in [1.82, 2.24) is 14.6 Å². The molecule has 1 aliphatic rings. The minimum absolute atomic E-state index is 0.312. The number of benzene rings is 1. The molecule has 0 spiro atoms. The van der Waals surface area contributed by atoms with E-state index in [-0.39, 0.29) is 0 Å². The summed E-state index contributed by atoms with van der Waals surface area (Å²) in [7, 11) is -2.11. The maximum absolute atomic E-state index is 13.6. The highest BCUT2D eigenvalue weighted by molar-refractivity contribution is 7.89. The molecule has 7 heteroatoms. The minimum Gasteiger partial charge on any atom is -0.481 e. The maximum atomic E-state index is 13.6. The summed E-state index contributed by atoms with van der Waals surface area (Å²) in [5, 5.41) is 4.71. The summed E-state index contributed by atoms with van der Waals surface area (Å²) < 4.78 is 34.1. The third-order valence-electron chi connectivity index (χ3n) is 5.08. The molecule has 0 unspecified atom stereocenters. The van der Waals surface area contributed by atoms with Gasteiger partial charge in [0.25, 0.3) is 0 Å². The van der Waals surface area contributed by atoms with E-state index < -0.39 is 15.6 Å². The van der Waals surface area contributed by atoms with Crippen molar-refractivity contribution >= 4 is 20.8 Å². The van der Waals surface area contributed by atoms with Crippen molar-refractivity contribution in [3.8, 4) is 5.88 Å². The molecule has 136 valence electrons. The van der Waals surface area contributed by atoms with Crippen LogP contribution in [-0.2, 0) is 10.0 Å². The second kappa shape index (κ2) is 6.90. The Labute approximate surface area is 149 Å². The third kappa shape index (κ3) is 3.12. The summed E-state index contributed by atoms with van der Waals surface area (Å²) in [5.41, 5.74) is -0.450. The van der Waals surface area contributed by atoms with Crippen molar-refractivity contribution in [1.29, 1.82) is 0 Å². The lowest BCUT2D eigenvalue weighted by molar-refractivity contribution is 0.212. The Morgan fingerprint density at radius 1 is 1.32 bits per heavy atom. The molecule has 25 heavy (non-hydrogen) atoms. The topological polar surface area (TPSA) is 71.5 Å². The maximum Gasteiger partial charge on any atom is 0.244 e. The molecule has 0 aliphatic carbocycles. The summed E-state index contributed by atoms with van der Waals surface area (Å²) in [6.45, 7) is 6.03. The number of methoxy groups -OCH3 is 1. The second-order valence-electron chi connectivity index (χ2n) is 6.63. The number of pyridine rings is 1. The first-order chi connectivity index (χ1) is 11.9. The summed E-state index contributed by atoms with van der Waals surface area (Å²) in [6, 6.07) is 7.00. The lowest BCUT2D eigenvalue weighted by atomic mass is 9.99. The Hall–Kier alpha value is -1.70. The van der Waals surface area contributed by atoms with Gasteiger partial charge in [0.15, 0.2) is 0 Å². The number of hydrogen-bond donors (Lipinski definition) is 1. The largest absolute Gasteiger partial charge is 0.481 e. The first-order valence-corrected chi connectivity index (χ1v) is 10.0. The number of rotatable bonds is 4. The zero-order valence-electron chi connectivity index (χ0n) is 14.9. The van der Waals surface area contributed by atoms with E-state index in [1.54, 1.807) is 28.7 Å². The van der Waals surface area contributed by atoms with E-state index in [0.717, 1.165) is 19.4 Å². The first-order valence-electron chi connectivity index (χ1n) is 8.59. The van der Waals surface area contributed by atoms with Crippen LogP contribution in [0.25, 0.3) is 10.8 Å². The first kappa shape index (κ1) is 18.1. The highest BCUT2D eigenvalue weighted by Crippen LogP contribution is 2.34. The fourth-order valence-electron chi connectivity index (χ4n) is 3.43. The minimum atomic E-state index is -3.65. The fraction of sp³-hybridized carbons (Fsp3) is 0.500. The number of fused-ring (bicyclic) bond motifs is 1. The van der Waals surface area contributed by atoms with E-state index in [1.807, 2.05) is 19.9 Å². The predicted octanol–water partition coefficient (Wildman–Crippen LogP) is 2.40. The van der Waals surface area contributed by atoms with E-state index in [2.05, 4.69) is 10.3 Å². The highest BCUT2D eigenvalue weighted by Gasteiger charge is 2.40. The highest BCUT2D eigenvalue weighted by atomic mass is 32.2. The van der Waals surface area contributed by atoms with Crippen LogP contribution in [0, 0.1) is 0 Å². The molecule has 6 nitrogen and oxygen atoms in total. The molecule has 1 aliphatic heterocycles. The Bertz CT molecular complexity index is 869. The normalized spacial score (nSPS) is 22.7. The lowest BCUT2D eigenvalue weighted by Crippen LogP contribution is -2.53. The molecule has 1 N–H and O–H groups in total. The number of nitrogens with zero attached hydrogens (tertiary/aromatic N) is 2. The zero-order chi connectivity index (χ0) is 18.1. The van der Waals surface area contributed by atoms with Gasteiger partial charge in [0, 0.05) is 35.6 Å². The van der Waals surface area contributed by atoms with Gasteiger partial charge in [-0.25, -0.2) is 13.4 Å². The molecule has 3 rings (SSSR count). The van der Waals surface area contributed by atoms with Crippen LogP contribution in [-0.4, -0.2) is 50.0 Å². The van der Waals surface area contributed by atoms with Crippen molar-refractivity contribution in [3.63, 3.8) is 0 Å². The van der Waals surface area contributed by atoms with Gasteiger partial charge < -0.3 is 10.1 Å². The quantitative estimate of drug-likeness (QED) is 0.903. The Balaban J connectivity index is 2.19. The standard InChI is InChI=1S/C18H25N3O3S/c1-4-18(2)13-19-10-6-12-21(18)25(22,23)16-8-5-7-15-14(16)9-11-20-17(15)24-3/h5,7-9,11,19H,4,6,10,12-13H2,1-3H3/t18-/m0/s1. The van der Waals surface area contributed by atoms with Gasteiger partial charge in [-0.05, 0) is 44.5 Å². The SMILES string of the molecule is CC[C@@]1(C)CNCCCN1S(=O)(=O)c1cccc2c(OC)nccc12. The number of ether oxygens (including phenoxy) is 1. The van der Waals surface area contributed by atoms with E-state index in [1.165, 1.54) is 7.11 Å². The van der Waals surface area contributed by atoms with Crippen molar-refractivity contribution in [2.24, 2.45) is 0 Å². The van der Waals surface area contributed by atoms with Gasteiger partial charge in [-0.2, -0.15) is 4.31 Å². The lowest BCUT2D eigenvalue weighted by Gasteiger charge is -2.38. The van der Waals surface area contributed by atoms with E-state index in [4.69, 9.17) is 4.74 Å². The van der Waals surface area contributed by atoms with E-state index >= 15 is 0 Å². The van der Waals surface area contributed by atoms with Crippen LogP contribution in [0.4, 0.5) is 0 Å². The molecule has 1 aromatic carbocycles. The van der Waals surface area contributed by atoms with Crippen molar-refractivity contribution in [2.45, 2.75) is 37.1 Å². The molecule has 1 atom stereocenters. The van der Waals surface area contributed by atoms with Crippen LogP contribution in [0.5, 0.6) is 5.88 Å². The molecule has 0 saturated carbocycles. The van der Waals surface area contributed by atoms with Crippen LogP contribution in [0.15, 0.2) is 35.4 Å². The third-order valence-corrected chi connectivity index (χ3v) is 7.19. The monoisotopic (exact) mass is 363 g/mol. The number of nitrogens with one attached hydrogen (secondary N) is 1. The van der Waals surface area contributed by atoms with Crippen LogP contribution >= 0.6 is 0 Å². The van der Waals surface area contributed by atoms with Crippen LogP contribution in [0.1, 0.15) is 26.7 Å². The van der Waals surface area contributed by atoms with Gasteiger partial charge in [-0.3, -0.25) is 0 Å². The molecule has 0 amide bonds. The van der Waals surface area contributed by atoms with Crippen LogP contribution in [0.2, 0.25) is 0 Å². The van der Waals surface area contributed by atoms with Crippen molar-refractivity contribution < 1.29 is 13.2 Å². The fourth-order valence-corrected chi connectivity index (χ4v) is 5.52. The van der Waals surface area contributed by atoms with E-state index in [0.29, 0.717) is 34.6 Å². The van der Waals surface area contributed by atoms with Gasteiger partial charge in [-0.1, -0.05) is 13.0 Å². The number of sulfonamides is 1. The second-order valence-corrected chi connectivity index (χ2v) is 8.46. The molecule has 2 heterocycles. The zero-order valence-corrected chi connectivity index (χ0v) is 15.8. The molecule has 1 aromatic heterocycles. The van der Waals surface area contributed by atoms with Crippen LogP contribution < -0.4 is 10.1 Å². The van der Waals surface area contributed by atoms with Gasteiger partial charge in [0.05, 0.1) is 12.0 Å². The van der Waals surface area contributed by atoms with Gasteiger partial charge in [-0.15, -0.1) is 0 Å². The molecule has 0 bridgehead atoms. The smallest absolute Gasteiger partial charge is 0.244 e. The average Bonchev–Trinajstić information content (AvgIpc) is 2.83. The molecule has 1 fully saturated rings. The molecule has 0 radical (unpaired) electrons. The van der Waals surface area contributed by atoms with E-state index in [9.17, 15) is 8.42 Å². The average molecular weight is 363 g/mol. The molecular formula is C18H25N3O3S. The Kier molecular flexibility index (Phi) is 4.99. The van der Waals surface area contributed by atoms with Crippen molar-refractivity contribution in [3.05, 3.63) is 30.5 Å². The summed E-state index contributed by atoms with van der Waals surface area (Å²) >= 11 is 0. The van der Waals surface area contributed by atoms with Crippen LogP contribution in [0.3, 0.4) is 0 Å². The predicted molar refractivity (Wildman–Crippen MR) is 98.4 cm³/mol. The van der Waals surface area contributed by atoms with Crippen molar-refractivity contribution in [2.75, 3.05) is 26.7 Å². The number of hydrogen-bond acceptors (Lipinski definition) is 5. The Morgan fingerprint density at radius 3 is 2.84 bits per heavy atom. The molecular weight excluding hydrogens is 338 g/mol. The van der Waals surface area contributed by atoms with Gasteiger partial charge >= 0.3 is 0 Å².